The third kappa shape index (κ3) is 3.01. The van der Waals surface area contributed by atoms with Gasteiger partial charge in [-0.15, -0.1) is 0 Å². The standard InChI is InChI=1S/C20H18N2O4/c1-22(11-13-12-25-17-8-4-5-9-18(17)26-13)20(24)15-10-19(23)21-16-7-3-2-6-14(15)16/h2-10,13H,11-12H2,1H3,(H,21,23)/t13-/m1/s1. The number of pyridine rings is 1. The highest BCUT2D eigenvalue weighted by Crippen LogP contribution is 2.31. The molecule has 0 spiro atoms. The van der Waals surface area contributed by atoms with Crippen LogP contribution in [-0.4, -0.2) is 42.1 Å². The normalized spacial score (nSPS) is 15.7. The monoisotopic (exact) mass is 350 g/mol. The van der Waals surface area contributed by atoms with Crippen molar-refractivity contribution in [2.75, 3.05) is 20.2 Å². The zero-order chi connectivity index (χ0) is 18.1. The van der Waals surface area contributed by atoms with Crippen molar-refractivity contribution in [1.82, 2.24) is 9.88 Å². The number of nitrogens with zero attached hydrogens (tertiary/aromatic N) is 1. The van der Waals surface area contributed by atoms with Crippen LogP contribution < -0.4 is 15.0 Å². The lowest BCUT2D eigenvalue weighted by Gasteiger charge is -2.29. The molecule has 26 heavy (non-hydrogen) atoms. The minimum Gasteiger partial charge on any atom is -0.486 e. The fourth-order valence-corrected chi connectivity index (χ4v) is 3.13. The van der Waals surface area contributed by atoms with E-state index in [1.807, 2.05) is 42.5 Å². The number of H-pyrrole nitrogens is 1. The number of aromatic amines is 1. The number of hydrogen-bond acceptors (Lipinski definition) is 4. The lowest BCUT2D eigenvalue weighted by molar-refractivity contribution is 0.0522. The van der Waals surface area contributed by atoms with Crippen molar-refractivity contribution in [3.05, 3.63) is 70.5 Å². The third-order valence-corrected chi connectivity index (χ3v) is 4.37. The minimum absolute atomic E-state index is 0.227. The van der Waals surface area contributed by atoms with Crippen LogP contribution in [0.2, 0.25) is 0 Å². The summed E-state index contributed by atoms with van der Waals surface area (Å²) in [5.74, 6) is 1.15. The van der Waals surface area contributed by atoms with Crippen LogP contribution in [0.5, 0.6) is 11.5 Å². The van der Waals surface area contributed by atoms with Crippen LogP contribution >= 0.6 is 0 Å². The summed E-state index contributed by atoms with van der Waals surface area (Å²) in [7, 11) is 1.70. The number of para-hydroxylation sites is 3. The Bertz CT molecular complexity index is 1030. The lowest BCUT2D eigenvalue weighted by atomic mass is 10.1. The van der Waals surface area contributed by atoms with Crippen LogP contribution in [0.15, 0.2) is 59.4 Å². The van der Waals surface area contributed by atoms with Gasteiger partial charge in [-0.25, -0.2) is 0 Å². The van der Waals surface area contributed by atoms with Gasteiger partial charge in [0.2, 0.25) is 5.56 Å². The molecule has 1 amide bonds. The van der Waals surface area contributed by atoms with Gasteiger partial charge in [-0.2, -0.15) is 0 Å². The maximum absolute atomic E-state index is 12.9. The van der Waals surface area contributed by atoms with E-state index in [0.29, 0.717) is 35.7 Å². The number of carbonyl (C=O) groups excluding carboxylic acids is 1. The van der Waals surface area contributed by atoms with Crippen LogP contribution in [0.25, 0.3) is 10.9 Å². The molecule has 0 fully saturated rings. The van der Waals surface area contributed by atoms with E-state index >= 15 is 0 Å². The van der Waals surface area contributed by atoms with Crippen molar-refractivity contribution in [2.45, 2.75) is 6.10 Å². The zero-order valence-corrected chi connectivity index (χ0v) is 14.3. The summed E-state index contributed by atoms with van der Waals surface area (Å²) in [6, 6.07) is 16.1. The molecule has 1 aliphatic heterocycles. The van der Waals surface area contributed by atoms with Crippen LogP contribution in [0.3, 0.4) is 0 Å². The molecule has 2 heterocycles. The van der Waals surface area contributed by atoms with Gasteiger partial charge in [-0.1, -0.05) is 30.3 Å². The van der Waals surface area contributed by atoms with E-state index in [-0.39, 0.29) is 17.6 Å². The first-order valence-electron chi connectivity index (χ1n) is 8.38. The molecule has 2 aromatic carbocycles. The van der Waals surface area contributed by atoms with Crippen molar-refractivity contribution in [3.63, 3.8) is 0 Å². The molecule has 132 valence electrons. The molecule has 0 unspecified atom stereocenters. The van der Waals surface area contributed by atoms with Gasteiger partial charge in [0, 0.05) is 24.0 Å². The first-order valence-corrected chi connectivity index (χ1v) is 8.38. The van der Waals surface area contributed by atoms with E-state index in [0.717, 1.165) is 5.39 Å². The Balaban J connectivity index is 1.55. The van der Waals surface area contributed by atoms with E-state index in [9.17, 15) is 9.59 Å². The van der Waals surface area contributed by atoms with Crippen LogP contribution in [-0.2, 0) is 0 Å². The topological polar surface area (TPSA) is 71.6 Å². The number of amides is 1. The molecule has 0 saturated heterocycles. The third-order valence-electron chi connectivity index (χ3n) is 4.37. The number of hydrogen-bond donors (Lipinski definition) is 1. The number of fused-ring (bicyclic) bond motifs is 2. The molecule has 1 N–H and O–H groups in total. The predicted molar refractivity (Wildman–Crippen MR) is 97.9 cm³/mol. The maximum atomic E-state index is 12.9. The summed E-state index contributed by atoms with van der Waals surface area (Å²) >= 11 is 0. The Morgan fingerprint density at radius 3 is 2.73 bits per heavy atom. The first kappa shape index (κ1) is 16.2. The largest absolute Gasteiger partial charge is 0.486 e. The summed E-state index contributed by atoms with van der Waals surface area (Å²) in [4.78, 5) is 29.1. The average Bonchev–Trinajstić information content (AvgIpc) is 2.66. The van der Waals surface area contributed by atoms with Gasteiger partial charge in [0.15, 0.2) is 17.6 Å². The number of likely N-dealkylation sites (N-methyl/N-ethyl adjacent to an activating group) is 1. The van der Waals surface area contributed by atoms with Gasteiger partial charge in [0.05, 0.1) is 12.1 Å². The van der Waals surface area contributed by atoms with Gasteiger partial charge >= 0.3 is 0 Å². The molecular formula is C20H18N2O4. The Morgan fingerprint density at radius 2 is 1.88 bits per heavy atom. The average molecular weight is 350 g/mol. The van der Waals surface area contributed by atoms with E-state index in [4.69, 9.17) is 9.47 Å². The second-order valence-corrected chi connectivity index (χ2v) is 6.28. The van der Waals surface area contributed by atoms with Crippen LogP contribution in [0, 0.1) is 0 Å². The second-order valence-electron chi connectivity index (χ2n) is 6.28. The number of benzene rings is 2. The Hall–Kier alpha value is -3.28. The molecule has 0 bridgehead atoms. The maximum Gasteiger partial charge on any atom is 0.254 e. The molecule has 0 radical (unpaired) electrons. The molecule has 1 atom stereocenters. The molecule has 0 saturated carbocycles. The van der Waals surface area contributed by atoms with Crippen molar-refractivity contribution in [1.29, 1.82) is 0 Å². The summed E-state index contributed by atoms with van der Waals surface area (Å²) in [5.41, 5.74) is 0.721. The molecule has 6 nitrogen and oxygen atoms in total. The number of nitrogens with one attached hydrogen (secondary N) is 1. The summed E-state index contributed by atoms with van der Waals surface area (Å²) < 4.78 is 11.6. The van der Waals surface area contributed by atoms with Gasteiger partial charge in [-0.3, -0.25) is 9.59 Å². The Labute approximate surface area is 150 Å². The summed E-state index contributed by atoms with van der Waals surface area (Å²) in [6.45, 7) is 0.721. The minimum atomic E-state index is -0.299. The number of ether oxygens (including phenoxy) is 2. The summed E-state index contributed by atoms with van der Waals surface area (Å²) in [5, 5.41) is 0.718. The zero-order valence-electron chi connectivity index (χ0n) is 14.3. The SMILES string of the molecule is CN(C[C@@H]1COc2ccccc2O1)C(=O)c1cc(=O)[nH]c2ccccc12. The molecule has 3 aromatic rings. The highest BCUT2D eigenvalue weighted by atomic mass is 16.6. The van der Waals surface area contributed by atoms with Gasteiger partial charge in [0.1, 0.15) is 6.61 Å². The molecule has 1 aromatic heterocycles. The molecular weight excluding hydrogens is 332 g/mol. The molecule has 1 aliphatic rings. The highest BCUT2D eigenvalue weighted by molar-refractivity contribution is 6.05. The number of rotatable bonds is 3. The van der Waals surface area contributed by atoms with E-state index < -0.39 is 0 Å². The number of aromatic nitrogens is 1. The predicted octanol–water partition coefficient (Wildman–Crippen LogP) is 2.44. The van der Waals surface area contributed by atoms with Crippen LogP contribution in [0.1, 0.15) is 10.4 Å². The molecule has 4 rings (SSSR count). The first-order chi connectivity index (χ1) is 12.6. The Kier molecular flexibility index (Phi) is 4.08. The van der Waals surface area contributed by atoms with Crippen LogP contribution in [0.4, 0.5) is 0 Å². The van der Waals surface area contributed by atoms with E-state index in [2.05, 4.69) is 4.98 Å². The van der Waals surface area contributed by atoms with Crippen molar-refractivity contribution in [3.8, 4) is 11.5 Å². The summed E-state index contributed by atoms with van der Waals surface area (Å²) in [6.07, 6.45) is -0.271. The fraction of sp³-hybridized carbons (Fsp3) is 0.200. The van der Waals surface area contributed by atoms with Gasteiger partial charge < -0.3 is 19.4 Å². The fourth-order valence-electron chi connectivity index (χ4n) is 3.13. The van der Waals surface area contributed by atoms with Gasteiger partial charge in [-0.05, 0) is 18.2 Å². The molecule has 0 aliphatic carbocycles. The number of carbonyl (C=O) groups is 1. The second kappa shape index (κ2) is 6.55. The van der Waals surface area contributed by atoms with E-state index in [1.54, 1.807) is 18.0 Å². The lowest BCUT2D eigenvalue weighted by Crippen LogP contribution is -2.42. The Morgan fingerprint density at radius 1 is 1.15 bits per heavy atom. The van der Waals surface area contributed by atoms with Crippen molar-refractivity contribution >= 4 is 16.8 Å². The highest BCUT2D eigenvalue weighted by Gasteiger charge is 2.25. The smallest absolute Gasteiger partial charge is 0.254 e. The molecule has 6 heteroatoms. The quantitative estimate of drug-likeness (QED) is 0.788. The van der Waals surface area contributed by atoms with E-state index in [1.165, 1.54) is 6.07 Å². The van der Waals surface area contributed by atoms with Crippen molar-refractivity contribution < 1.29 is 14.3 Å². The van der Waals surface area contributed by atoms with Gasteiger partial charge in [0.25, 0.3) is 5.91 Å². The van der Waals surface area contributed by atoms with Crippen molar-refractivity contribution in [2.24, 2.45) is 0 Å².